The first-order chi connectivity index (χ1) is 8.08. The van der Waals surface area contributed by atoms with E-state index >= 15 is 0 Å². The average Bonchev–Trinajstić information content (AvgIpc) is 3.06. The summed E-state index contributed by atoms with van der Waals surface area (Å²) in [4.78, 5) is 13.5. The molecule has 7 heteroatoms. The standard InChI is InChI=1S/C10H13Cl2N3O2/c1-6(2)15(17-5-7-4-16-7)9-8(11)3-13-10(12)14-9/h3,6-7H,4-5H2,1-2H3/t7-/m0/s1. The molecule has 0 radical (unpaired) electrons. The van der Waals surface area contributed by atoms with Crippen LogP contribution < -0.4 is 5.06 Å². The van der Waals surface area contributed by atoms with Gasteiger partial charge >= 0.3 is 0 Å². The Bertz CT molecular complexity index is 399. The second kappa shape index (κ2) is 5.35. The van der Waals surface area contributed by atoms with Crippen molar-refractivity contribution >= 4 is 29.0 Å². The number of anilines is 1. The molecule has 1 saturated heterocycles. The molecule has 0 bridgehead atoms. The Balaban J connectivity index is 2.14. The summed E-state index contributed by atoms with van der Waals surface area (Å²) < 4.78 is 5.09. The summed E-state index contributed by atoms with van der Waals surface area (Å²) in [6.45, 7) is 5.17. The Morgan fingerprint density at radius 2 is 2.29 bits per heavy atom. The molecule has 0 unspecified atom stereocenters. The zero-order valence-corrected chi connectivity index (χ0v) is 11.1. The molecule has 2 rings (SSSR count). The predicted octanol–water partition coefficient (Wildman–Crippen LogP) is 2.33. The molecule has 0 aliphatic carbocycles. The largest absolute Gasteiger partial charge is 0.371 e. The van der Waals surface area contributed by atoms with Crippen LogP contribution in [0, 0.1) is 0 Å². The molecule has 17 heavy (non-hydrogen) atoms. The molecule has 5 nitrogen and oxygen atoms in total. The fourth-order valence-electron chi connectivity index (χ4n) is 1.27. The van der Waals surface area contributed by atoms with Gasteiger partial charge in [0.1, 0.15) is 17.7 Å². The normalized spacial score (nSPS) is 18.5. The second-order valence-electron chi connectivity index (χ2n) is 3.98. The van der Waals surface area contributed by atoms with Crippen molar-refractivity contribution in [1.82, 2.24) is 9.97 Å². The van der Waals surface area contributed by atoms with Gasteiger partial charge in [0, 0.05) is 0 Å². The van der Waals surface area contributed by atoms with E-state index < -0.39 is 0 Å². The third-order valence-electron chi connectivity index (χ3n) is 2.18. The number of ether oxygens (including phenoxy) is 1. The highest BCUT2D eigenvalue weighted by atomic mass is 35.5. The van der Waals surface area contributed by atoms with Crippen molar-refractivity contribution in [3.63, 3.8) is 0 Å². The maximum absolute atomic E-state index is 6.03. The first kappa shape index (κ1) is 12.8. The Morgan fingerprint density at radius 3 is 2.88 bits per heavy atom. The maximum atomic E-state index is 6.03. The summed E-state index contributed by atoms with van der Waals surface area (Å²) >= 11 is 11.8. The number of aromatic nitrogens is 2. The van der Waals surface area contributed by atoms with Gasteiger partial charge in [-0.25, -0.2) is 10.0 Å². The smallest absolute Gasteiger partial charge is 0.224 e. The van der Waals surface area contributed by atoms with Crippen molar-refractivity contribution in [2.75, 3.05) is 18.3 Å². The fraction of sp³-hybridized carbons (Fsp3) is 0.600. The molecule has 0 amide bonds. The number of hydroxylamine groups is 1. The molecule has 1 atom stereocenters. The predicted molar refractivity (Wildman–Crippen MR) is 65.4 cm³/mol. The van der Waals surface area contributed by atoms with E-state index in [4.69, 9.17) is 32.8 Å². The van der Waals surface area contributed by atoms with Gasteiger partial charge in [0.25, 0.3) is 0 Å². The highest BCUT2D eigenvalue weighted by molar-refractivity contribution is 6.33. The lowest BCUT2D eigenvalue weighted by atomic mass is 10.4. The Hall–Kier alpha value is -0.620. The zero-order valence-electron chi connectivity index (χ0n) is 9.56. The van der Waals surface area contributed by atoms with Crippen LogP contribution in [0.3, 0.4) is 0 Å². The molecule has 1 aromatic heterocycles. The number of hydrogen-bond donors (Lipinski definition) is 0. The van der Waals surface area contributed by atoms with Crippen LogP contribution in [0.15, 0.2) is 6.20 Å². The van der Waals surface area contributed by atoms with Gasteiger partial charge in [-0.3, -0.25) is 4.84 Å². The first-order valence-corrected chi connectivity index (χ1v) is 6.05. The summed E-state index contributed by atoms with van der Waals surface area (Å²) in [5, 5.41) is 2.17. The van der Waals surface area contributed by atoms with Gasteiger partial charge in [0.2, 0.25) is 5.28 Å². The van der Waals surface area contributed by atoms with Crippen LogP contribution in [-0.2, 0) is 9.57 Å². The van der Waals surface area contributed by atoms with Gasteiger partial charge in [-0.15, -0.1) is 0 Å². The second-order valence-corrected chi connectivity index (χ2v) is 4.73. The highest BCUT2D eigenvalue weighted by Crippen LogP contribution is 2.26. The van der Waals surface area contributed by atoms with E-state index in [0.29, 0.717) is 17.4 Å². The van der Waals surface area contributed by atoms with E-state index in [1.807, 2.05) is 13.8 Å². The molecule has 2 heterocycles. The number of hydrogen-bond acceptors (Lipinski definition) is 5. The Morgan fingerprint density at radius 1 is 1.59 bits per heavy atom. The molecule has 1 fully saturated rings. The molecule has 1 aromatic rings. The molecular formula is C10H13Cl2N3O2. The molecule has 0 N–H and O–H groups in total. The van der Waals surface area contributed by atoms with Crippen molar-refractivity contribution in [2.24, 2.45) is 0 Å². The Kier molecular flexibility index (Phi) is 4.04. The monoisotopic (exact) mass is 277 g/mol. The van der Waals surface area contributed by atoms with Gasteiger partial charge in [-0.1, -0.05) is 11.6 Å². The van der Waals surface area contributed by atoms with E-state index in [1.165, 1.54) is 6.20 Å². The molecule has 0 spiro atoms. The van der Waals surface area contributed by atoms with Crippen LogP contribution in [0.4, 0.5) is 5.82 Å². The van der Waals surface area contributed by atoms with E-state index in [-0.39, 0.29) is 17.4 Å². The Labute approximate surface area is 110 Å². The van der Waals surface area contributed by atoms with Gasteiger partial charge < -0.3 is 4.74 Å². The van der Waals surface area contributed by atoms with Crippen LogP contribution in [0.5, 0.6) is 0 Å². The lowest BCUT2D eigenvalue weighted by Gasteiger charge is -2.26. The lowest BCUT2D eigenvalue weighted by molar-refractivity contribution is 0.0779. The third-order valence-corrected chi connectivity index (χ3v) is 2.62. The van der Waals surface area contributed by atoms with Crippen molar-refractivity contribution in [3.05, 3.63) is 16.5 Å². The number of epoxide rings is 1. The molecule has 0 saturated carbocycles. The molecule has 1 aliphatic heterocycles. The van der Waals surface area contributed by atoms with E-state index in [0.717, 1.165) is 6.61 Å². The van der Waals surface area contributed by atoms with Gasteiger partial charge in [0.15, 0.2) is 5.82 Å². The van der Waals surface area contributed by atoms with Crippen molar-refractivity contribution in [2.45, 2.75) is 26.0 Å². The number of nitrogens with zero attached hydrogens (tertiary/aromatic N) is 3. The fourth-order valence-corrected chi connectivity index (χ4v) is 1.58. The molecule has 0 aromatic carbocycles. The minimum absolute atomic E-state index is 0.0808. The molecular weight excluding hydrogens is 265 g/mol. The number of rotatable bonds is 5. The molecule has 1 aliphatic rings. The van der Waals surface area contributed by atoms with Gasteiger partial charge in [0.05, 0.1) is 18.8 Å². The summed E-state index contributed by atoms with van der Waals surface area (Å²) in [5.74, 6) is 0.474. The summed E-state index contributed by atoms with van der Waals surface area (Å²) in [5.41, 5.74) is 0. The van der Waals surface area contributed by atoms with Crippen molar-refractivity contribution < 1.29 is 9.57 Å². The van der Waals surface area contributed by atoms with Crippen molar-refractivity contribution in [1.29, 1.82) is 0 Å². The van der Waals surface area contributed by atoms with Gasteiger partial charge in [-0.05, 0) is 25.4 Å². The van der Waals surface area contributed by atoms with Crippen LogP contribution in [0.2, 0.25) is 10.3 Å². The van der Waals surface area contributed by atoms with E-state index in [9.17, 15) is 0 Å². The summed E-state index contributed by atoms with van der Waals surface area (Å²) in [7, 11) is 0. The SMILES string of the molecule is CC(C)N(OC[C@@H]1CO1)c1nc(Cl)ncc1Cl. The quantitative estimate of drug-likeness (QED) is 0.470. The average molecular weight is 278 g/mol. The minimum atomic E-state index is 0.0808. The van der Waals surface area contributed by atoms with Crippen molar-refractivity contribution in [3.8, 4) is 0 Å². The summed E-state index contributed by atoms with van der Waals surface area (Å²) in [6, 6.07) is 0.0808. The first-order valence-electron chi connectivity index (χ1n) is 5.29. The topological polar surface area (TPSA) is 50.8 Å². The minimum Gasteiger partial charge on any atom is -0.371 e. The highest BCUT2D eigenvalue weighted by Gasteiger charge is 2.26. The third kappa shape index (κ3) is 3.42. The van der Waals surface area contributed by atoms with Crippen LogP contribution in [0.1, 0.15) is 13.8 Å². The van der Waals surface area contributed by atoms with Crippen LogP contribution in [0.25, 0.3) is 0 Å². The van der Waals surface area contributed by atoms with E-state index in [1.54, 1.807) is 5.06 Å². The summed E-state index contributed by atoms with van der Waals surface area (Å²) in [6.07, 6.45) is 1.63. The van der Waals surface area contributed by atoms with Crippen LogP contribution in [-0.4, -0.2) is 35.3 Å². The van der Waals surface area contributed by atoms with Gasteiger partial charge in [-0.2, -0.15) is 4.98 Å². The molecule has 94 valence electrons. The number of halogens is 2. The lowest BCUT2D eigenvalue weighted by Crippen LogP contribution is -2.33. The zero-order chi connectivity index (χ0) is 12.4. The van der Waals surface area contributed by atoms with Crippen LogP contribution >= 0.6 is 23.2 Å². The van der Waals surface area contributed by atoms with E-state index in [2.05, 4.69) is 9.97 Å². The maximum Gasteiger partial charge on any atom is 0.224 e.